The Morgan fingerprint density at radius 2 is 1.89 bits per heavy atom. The van der Waals surface area contributed by atoms with Gasteiger partial charge in [0.1, 0.15) is 0 Å². The van der Waals surface area contributed by atoms with Crippen molar-refractivity contribution in [3.8, 4) is 11.1 Å². The molecular weight excluding hydrogens is 354 g/mol. The van der Waals surface area contributed by atoms with Gasteiger partial charge in [-0.25, -0.2) is 0 Å². The van der Waals surface area contributed by atoms with Crippen molar-refractivity contribution >= 4 is 28.4 Å². The number of aromatic nitrogens is 3. The number of carbonyl (C=O) groups is 2. The maximum absolute atomic E-state index is 12.6. The second-order valence-corrected chi connectivity index (χ2v) is 7.66. The van der Waals surface area contributed by atoms with Crippen molar-refractivity contribution in [2.75, 3.05) is 5.32 Å². The fraction of sp³-hybridized carbons (Fsp3) is 0.333. The lowest BCUT2D eigenvalue weighted by atomic mass is 9.93. The van der Waals surface area contributed by atoms with E-state index in [9.17, 15) is 9.59 Å². The first-order valence-corrected chi connectivity index (χ1v) is 9.72. The second-order valence-electron chi connectivity index (χ2n) is 7.66. The van der Waals surface area contributed by atoms with Gasteiger partial charge in [0.15, 0.2) is 5.69 Å². The van der Waals surface area contributed by atoms with Gasteiger partial charge in [-0.15, -0.1) is 0 Å². The summed E-state index contributed by atoms with van der Waals surface area (Å²) in [6, 6.07) is 7.98. The van der Waals surface area contributed by atoms with Crippen molar-refractivity contribution in [2.24, 2.45) is 5.92 Å². The molecule has 7 heteroatoms. The van der Waals surface area contributed by atoms with Gasteiger partial charge in [-0.3, -0.25) is 19.7 Å². The summed E-state index contributed by atoms with van der Waals surface area (Å²) in [6.45, 7) is 0. The molecule has 2 heterocycles. The fourth-order valence-electron chi connectivity index (χ4n) is 3.43. The summed E-state index contributed by atoms with van der Waals surface area (Å²) in [4.78, 5) is 28.8. The SMILES string of the molecule is O=C(NC1CCC1)c1n[nH]c2ccc(-c3cncc(NC(=O)C4CC4)c3)cc12. The van der Waals surface area contributed by atoms with Crippen molar-refractivity contribution in [2.45, 2.75) is 38.1 Å². The monoisotopic (exact) mass is 375 g/mol. The van der Waals surface area contributed by atoms with Crippen LogP contribution in [0.3, 0.4) is 0 Å². The van der Waals surface area contributed by atoms with Gasteiger partial charge in [0.2, 0.25) is 5.91 Å². The Labute approximate surface area is 161 Å². The van der Waals surface area contributed by atoms with E-state index in [1.165, 1.54) is 0 Å². The number of hydrogen-bond acceptors (Lipinski definition) is 4. The Morgan fingerprint density at radius 3 is 2.64 bits per heavy atom. The topological polar surface area (TPSA) is 99.8 Å². The Hall–Kier alpha value is -3.22. The minimum Gasteiger partial charge on any atom is -0.348 e. The number of nitrogens with one attached hydrogen (secondary N) is 3. The largest absolute Gasteiger partial charge is 0.348 e. The van der Waals surface area contributed by atoms with E-state index in [0.29, 0.717) is 11.4 Å². The van der Waals surface area contributed by atoms with Gasteiger partial charge in [-0.2, -0.15) is 5.10 Å². The molecule has 5 rings (SSSR count). The van der Waals surface area contributed by atoms with Crippen LogP contribution >= 0.6 is 0 Å². The maximum Gasteiger partial charge on any atom is 0.272 e. The van der Waals surface area contributed by atoms with Gasteiger partial charge in [-0.05, 0) is 55.9 Å². The highest BCUT2D eigenvalue weighted by molar-refractivity contribution is 6.05. The molecular formula is C21H21N5O2. The predicted molar refractivity (Wildman–Crippen MR) is 106 cm³/mol. The molecule has 2 fully saturated rings. The molecule has 3 N–H and O–H groups in total. The number of H-pyrrole nitrogens is 1. The van der Waals surface area contributed by atoms with Crippen molar-refractivity contribution < 1.29 is 9.59 Å². The number of benzene rings is 1. The Morgan fingerprint density at radius 1 is 1.04 bits per heavy atom. The highest BCUT2D eigenvalue weighted by Crippen LogP contribution is 2.31. The lowest BCUT2D eigenvalue weighted by Gasteiger charge is -2.25. The van der Waals surface area contributed by atoms with Crippen LogP contribution in [-0.2, 0) is 4.79 Å². The van der Waals surface area contributed by atoms with Crippen LogP contribution < -0.4 is 10.6 Å². The smallest absolute Gasteiger partial charge is 0.272 e. The van der Waals surface area contributed by atoms with Gasteiger partial charge in [0, 0.05) is 29.1 Å². The van der Waals surface area contributed by atoms with Crippen molar-refractivity contribution in [1.29, 1.82) is 0 Å². The van der Waals surface area contributed by atoms with Crippen LogP contribution in [0.1, 0.15) is 42.6 Å². The van der Waals surface area contributed by atoms with E-state index >= 15 is 0 Å². The number of rotatable bonds is 5. The molecule has 2 aromatic heterocycles. The van der Waals surface area contributed by atoms with E-state index in [-0.39, 0.29) is 23.8 Å². The van der Waals surface area contributed by atoms with Crippen LogP contribution in [0.15, 0.2) is 36.7 Å². The molecule has 3 aromatic rings. The third-order valence-corrected chi connectivity index (χ3v) is 5.51. The molecule has 7 nitrogen and oxygen atoms in total. The standard InChI is InChI=1S/C21H21N5O2/c27-20(12-4-5-12)24-16-8-14(10-22-11-16)13-6-7-18-17(9-13)19(26-25-18)21(28)23-15-2-1-3-15/h6-12,15H,1-5H2,(H,23,28)(H,24,27)(H,25,26). The maximum atomic E-state index is 12.6. The van der Waals surface area contributed by atoms with Crippen LogP contribution in [0, 0.1) is 5.92 Å². The number of hydrogen-bond donors (Lipinski definition) is 3. The molecule has 142 valence electrons. The molecule has 0 bridgehead atoms. The average Bonchev–Trinajstić information content (AvgIpc) is 3.44. The van der Waals surface area contributed by atoms with Crippen LogP contribution in [0.5, 0.6) is 0 Å². The quantitative estimate of drug-likeness (QED) is 0.637. The Balaban J connectivity index is 1.43. The van der Waals surface area contributed by atoms with Crippen LogP contribution in [0.2, 0.25) is 0 Å². The molecule has 1 aromatic carbocycles. The van der Waals surface area contributed by atoms with Crippen molar-refractivity contribution in [3.63, 3.8) is 0 Å². The molecule has 2 aliphatic rings. The number of pyridine rings is 1. The summed E-state index contributed by atoms with van der Waals surface area (Å²) in [6.07, 6.45) is 8.55. The number of nitrogens with zero attached hydrogens (tertiary/aromatic N) is 2. The fourth-order valence-corrected chi connectivity index (χ4v) is 3.43. The van der Waals surface area contributed by atoms with E-state index in [2.05, 4.69) is 25.8 Å². The normalized spacial score (nSPS) is 16.6. The van der Waals surface area contributed by atoms with Crippen molar-refractivity contribution in [1.82, 2.24) is 20.5 Å². The molecule has 0 saturated heterocycles. The summed E-state index contributed by atoms with van der Waals surface area (Å²) >= 11 is 0. The zero-order valence-electron chi connectivity index (χ0n) is 15.4. The summed E-state index contributed by atoms with van der Waals surface area (Å²) < 4.78 is 0. The number of fused-ring (bicyclic) bond motifs is 1. The lowest BCUT2D eigenvalue weighted by Crippen LogP contribution is -2.39. The van der Waals surface area contributed by atoms with Crippen LogP contribution in [0.4, 0.5) is 5.69 Å². The summed E-state index contributed by atoms with van der Waals surface area (Å²) in [5, 5.41) is 13.9. The van der Waals surface area contributed by atoms with Crippen LogP contribution in [-0.4, -0.2) is 33.0 Å². The highest BCUT2D eigenvalue weighted by Gasteiger charge is 2.29. The third kappa shape index (κ3) is 3.24. The molecule has 0 radical (unpaired) electrons. The van der Waals surface area contributed by atoms with Crippen LogP contribution in [0.25, 0.3) is 22.0 Å². The van der Waals surface area contributed by atoms with E-state index < -0.39 is 0 Å². The number of aromatic amines is 1. The number of anilines is 1. The van der Waals surface area contributed by atoms with Gasteiger partial charge < -0.3 is 10.6 Å². The first kappa shape index (κ1) is 16.9. The highest BCUT2D eigenvalue weighted by atomic mass is 16.2. The van der Waals surface area contributed by atoms with E-state index in [1.54, 1.807) is 12.4 Å². The summed E-state index contributed by atoms with van der Waals surface area (Å²) in [5.74, 6) is 0.0542. The lowest BCUT2D eigenvalue weighted by molar-refractivity contribution is -0.117. The molecule has 0 aliphatic heterocycles. The predicted octanol–water partition coefficient (Wildman–Crippen LogP) is 3.26. The molecule has 0 atom stereocenters. The minimum atomic E-state index is -0.142. The van der Waals surface area contributed by atoms with Gasteiger partial charge in [0.25, 0.3) is 5.91 Å². The van der Waals surface area contributed by atoms with E-state index in [1.807, 2.05) is 24.3 Å². The zero-order chi connectivity index (χ0) is 19.1. The average molecular weight is 375 g/mol. The minimum absolute atomic E-state index is 0.0548. The van der Waals surface area contributed by atoms with E-state index in [0.717, 1.165) is 54.1 Å². The second kappa shape index (κ2) is 6.74. The molecule has 28 heavy (non-hydrogen) atoms. The van der Waals surface area contributed by atoms with Gasteiger partial charge in [-0.1, -0.05) is 6.07 Å². The van der Waals surface area contributed by atoms with Gasteiger partial charge >= 0.3 is 0 Å². The third-order valence-electron chi connectivity index (χ3n) is 5.51. The Kier molecular flexibility index (Phi) is 4.07. The van der Waals surface area contributed by atoms with E-state index in [4.69, 9.17) is 0 Å². The molecule has 2 aliphatic carbocycles. The van der Waals surface area contributed by atoms with Crippen molar-refractivity contribution in [3.05, 3.63) is 42.4 Å². The first-order chi connectivity index (χ1) is 13.7. The first-order valence-electron chi connectivity index (χ1n) is 9.72. The Bertz CT molecular complexity index is 1070. The van der Waals surface area contributed by atoms with Gasteiger partial charge in [0.05, 0.1) is 17.4 Å². The number of carbonyl (C=O) groups excluding carboxylic acids is 2. The number of amides is 2. The summed E-state index contributed by atoms with van der Waals surface area (Å²) in [5.41, 5.74) is 3.71. The molecule has 0 spiro atoms. The zero-order valence-corrected chi connectivity index (χ0v) is 15.4. The molecule has 2 amide bonds. The summed E-state index contributed by atoms with van der Waals surface area (Å²) in [7, 11) is 0. The molecule has 2 saturated carbocycles. The molecule has 0 unspecified atom stereocenters.